The highest BCUT2D eigenvalue weighted by Crippen LogP contribution is 2.26. The van der Waals surface area contributed by atoms with Crippen molar-refractivity contribution in [2.75, 3.05) is 25.5 Å². The summed E-state index contributed by atoms with van der Waals surface area (Å²) in [7, 11) is -2.11. The Morgan fingerprint density at radius 3 is 2.46 bits per heavy atom. The number of anilines is 1. The zero-order valence-electron chi connectivity index (χ0n) is 16.4. The van der Waals surface area contributed by atoms with E-state index >= 15 is 0 Å². The van der Waals surface area contributed by atoms with Gasteiger partial charge in [0.25, 0.3) is 0 Å². The first-order valence-electron chi connectivity index (χ1n) is 9.33. The number of sulfonamides is 1. The van der Waals surface area contributed by atoms with Crippen molar-refractivity contribution in [3.8, 4) is 5.75 Å². The zero-order valence-corrected chi connectivity index (χ0v) is 17.3. The number of nitrogens with zero attached hydrogens (tertiary/aromatic N) is 1. The molecule has 0 radical (unpaired) electrons. The van der Waals surface area contributed by atoms with Crippen LogP contribution in [0.25, 0.3) is 0 Å². The molecule has 7 heteroatoms. The van der Waals surface area contributed by atoms with E-state index in [4.69, 9.17) is 4.74 Å². The first-order valence-corrected chi connectivity index (χ1v) is 10.8. The lowest BCUT2D eigenvalue weighted by Crippen LogP contribution is -2.43. The lowest BCUT2D eigenvalue weighted by atomic mass is 9.98. The molecule has 6 nitrogen and oxygen atoms in total. The van der Waals surface area contributed by atoms with Crippen molar-refractivity contribution in [3.05, 3.63) is 53.6 Å². The number of nitrogens with one attached hydrogen (secondary N) is 1. The van der Waals surface area contributed by atoms with Crippen molar-refractivity contribution in [2.45, 2.75) is 31.6 Å². The predicted octanol–water partition coefficient (Wildman–Crippen LogP) is 3.35. The first-order chi connectivity index (χ1) is 13.3. The molecular weight excluding hydrogens is 376 g/mol. The summed E-state index contributed by atoms with van der Waals surface area (Å²) in [6, 6.07) is 12.1. The minimum absolute atomic E-state index is 0.141. The van der Waals surface area contributed by atoms with Crippen LogP contribution in [0.5, 0.6) is 5.75 Å². The molecule has 1 atom stereocenters. The Morgan fingerprint density at radius 1 is 1.11 bits per heavy atom. The molecule has 0 aliphatic carbocycles. The van der Waals surface area contributed by atoms with Crippen LogP contribution in [-0.4, -0.2) is 38.8 Å². The van der Waals surface area contributed by atoms with Gasteiger partial charge in [-0.05, 0) is 74.2 Å². The van der Waals surface area contributed by atoms with Gasteiger partial charge in [-0.25, -0.2) is 8.42 Å². The van der Waals surface area contributed by atoms with Crippen LogP contribution in [0, 0.1) is 19.8 Å². The van der Waals surface area contributed by atoms with Crippen molar-refractivity contribution >= 4 is 21.6 Å². The predicted molar refractivity (Wildman–Crippen MR) is 109 cm³/mol. The number of aryl methyl sites for hydroxylation is 2. The number of hydrogen-bond donors (Lipinski definition) is 1. The van der Waals surface area contributed by atoms with Crippen molar-refractivity contribution in [3.63, 3.8) is 0 Å². The number of ether oxygens (including phenoxy) is 1. The fraction of sp³-hybridized carbons (Fsp3) is 0.381. The van der Waals surface area contributed by atoms with Gasteiger partial charge in [0.15, 0.2) is 0 Å². The summed E-state index contributed by atoms with van der Waals surface area (Å²) in [5.41, 5.74) is 3.00. The Labute approximate surface area is 166 Å². The quantitative estimate of drug-likeness (QED) is 0.832. The van der Waals surface area contributed by atoms with E-state index in [0.29, 0.717) is 25.1 Å². The normalized spacial score (nSPS) is 17.9. The largest absolute Gasteiger partial charge is 0.497 e. The number of rotatable bonds is 5. The summed E-state index contributed by atoms with van der Waals surface area (Å²) in [5, 5.41) is 2.93. The number of hydrogen-bond acceptors (Lipinski definition) is 4. The van der Waals surface area contributed by atoms with Crippen LogP contribution in [-0.2, 0) is 14.8 Å². The minimum atomic E-state index is -3.64. The van der Waals surface area contributed by atoms with Crippen LogP contribution in [0.2, 0.25) is 0 Å². The third kappa shape index (κ3) is 4.36. The third-order valence-electron chi connectivity index (χ3n) is 5.23. The highest BCUT2D eigenvalue weighted by molar-refractivity contribution is 7.89. The monoisotopic (exact) mass is 402 g/mol. The number of carbonyl (C=O) groups excluding carboxylic acids is 1. The minimum Gasteiger partial charge on any atom is -0.497 e. The molecule has 1 N–H and O–H groups in total. The molecule has 1 aliphatic rings. The highest BCUT2D eigenvalue weighted by Gasteiger charge is 2.33. The van der Waals surface area contributed by atoms with E-state index < -0.39 is 10.0 Å². The Bertz CT molecular complexity index is 955. The molecule has 2 aromatic rings. The number of carbonyl (C=O) groups is 1. The van der Waals surface area contributed by atoms with E-state index in [1.807, 2.05) is 32.0 Å². The van der Waals surface area contributed by atoms with Gasteiger partial charge in [-0.1, -0.05) is 6.07 Å². The Kier molecular flexibility index (Phi) is 6.05. The molecular formula is C21H26N2O4S. The van der Waals surface area contributed by atoms with Crippen LogP contribution in [0.15, 0.2) is 47.4 Å². The number of amides is 1. The van der Waals surface area contributed by atoms with Crippen molar-refractivity contribution < 1.29 is 17.9 Å². The van der Waals surface area contributed by atoms with E-state index in [-0.39, 0.29) is 23.3 Å². The highest BCUT2D eigenvalue weighted by atomic mass is 32.2. The lowest BCUT2D eigenvalue weighted by molar-refractivity contribution is -0.120. The van der Waals surface area contributed by atoms with Crippen LogP contribution in [0.3, 0.4) is 0 Å². The van der Waals surface area contributed by atoms with Gasteiger partial charge >= 0.3 is 0 Å². The standard InChI is InChI=1S/C21H26N2O4S/c1-15-6-7-18(13-16(15)2)22-21(24)17-5-4-12-23(14-17)28(25,26)20-10-8-19(27-3)9-11-20/h6-11,13,17H,4-5,12,14H2,1-3H3,(H,22,24). The summed E-state index contributed by atoms with van der Waals surface area (Å²) in [5.74, 6) is 0.0875. The average molecular weight is 403 g/mol. The number of benzene rings is 2. The Morgan fingerprint density at radius 2 is 1.82 bits per heavy atom. The van der Waals surface area contributed by atoms with Gasteiger partial charge in [0.1, 0.15) is 5.75 Å². The van der Waals surface area contributed by atoms with Crippen LogP contribution >= 0.6 is 0 Å². The van der Waals surface area contributed by atoms with Gasteiger partial charge in [0, 0.05) is 18.8 Å². The Balaban J connectivity index is 1.71. The van der Waals surface area contributed by atoms with Crippen LogP contribution in [0.1, 0.15) is 24.0 Å². The number of methoxy groups -OCH3 is 1. The molecule has 1 heterocycles. The topological polar surface area (TPSA) is 75.7 Å². The maximum Gasteiger partial charge on any atom is 0.243 e. The summed E-state index contributed by atoms with van der Waals surface area (Å²) < 4.78 is 32.4. The van der Waals surface area contributed by atoms with E-state index in [1.165, 1.54) is 23.5 Å². The van der Waals surface area contributed by atoms with E-state index in [0.717, 1.165) is 16.8 Å². The summed E-state index contributed by atoms with van der Waals surface area (Å²) in [6.07, 6.45) is 1.33. The second-order valence-electron chi connectivity index (χ2n) is 7.17. The van der Waals surface area contributed by atoms with Gasteiger partial charge in [0.05, 0.1) is 17.9 Å². The molecule has 2 aromatic carbocycles. The fourth-order valence-electron chi connectivity index (χ4n) is 3.33. The molecule has 1 saturated heterocycles. The Hall–Kier alpha value is -2.38. The van der Waals surface area contributed by atoms with E-state index in [2.05, 4.69) is 5.32 Å². The van der Waals surface area contributed by atoms with Crippen LogP contribution in [0.4, 0.5) is 5.69 Å². The van der Waals surface area contributed by atoms with Gasteiger partial charge in [-0.2, -0.15) is 4.31 Å². The van der Waals surface area contributed by atoms with Gasteiger partial charge in [0.2, 0.25) is 15.9 Å². The summed E-state index contributed by atoms with van der Waals surface area (Å²) in [4.78, 5) is 12.9. The zero-order chi connectivity index (χ0) is 20.3. The summed E-state index contributed by atoms with van der Waals surface area (Å²) in [6.45, 7) is 4.62. The molecule has 0 bridgehead atoms. The third-order valence-corrected chi connectivity index (χ3v) is 7.11. The molecule has 150 valence electrons. The second kappa shape index (κ2) is 8.32. The first kappa shape index (κ1) is 20.4. The smallest absolute Gasteiger partial charge is 0.243 e. The lowest BCUT2D eigenvalue weighted by Gasteiger charge is -2.31. The molecule has 28 heavy (non-hydrogen) atoms. The van der Waals surface area contributed by atoms with Gasteiger partial charge in [-0.15, -0.1) is 0 Å². The van der Waals surface area contributed by atoms with Crippen molar-refractivity contribution in [2.24, 2.45) is 5.92 Å². The molecule has 1 aliphatic heterocycles. The van der Waals surface area contributed by atoms with Gasteiger partial charge in [-0.3, -0.25) is 4.79 Å². The maximum absolute atomic E-state index is 12.9. The summed E-state index contributed by atoms with van der Waals surface area (Å²) >= 11 is 0. The molecule has 3 rings (SSSR count). The average Bonchev–Trinajstić information content (AvgIpc) is 2.71. The van der Waals surface area contributed by atoms with E-state index in [9.17, 15) is 13.2 Å². The fourth-order valence-corrected chi connectivity index (χ4v) is 4.86. The van der Waals surface area contributed by atoms with Crippen LogP contribution < -0.4 is 10.1 Å². The molecule has 1 unspecified atom stereocenters. The van der Waals surface area contributed by atoms with E-state index in [1.54, 1.807) is 12.1 Å². The van der Waals surface area contributed by atoms with Crippen molar-refractivity contribution in [1.29, 1.82) is 0 Å². The molecule has 0 aromatic heterocycles. The molecule has 0 saturated carbocycles. The van der Waals surface area contributed by atoms with Gasteiger partial charge < -0.3 is 10.1 Å². The molecule has 1 amide bonds. The maximum atomic E-state index is 12.9. The molecule has 0 spiro atoms. The second-order valence-corrected chi connectivity index (χ2v) is 9.10. The molecule has 1 fully saturated rings. The SMILES string of the molecule is COc1ccc(S(=O)(=O)N2CCCC(C(=O)Nc3ccc(C)c(C)c3)C2)cc1. The van der Waals surface area contributed by atoms with Crippen molar-refractivity contribution in [1.82, 2.24) is 4.31 Å². The number of piperidine rings is 1.